The Hall–Kier alpha value is -1.15. The van der Waals surface area contributed by atoms with Gasteiger partial charge >= 0.3 is 0 Å². The highest BCUT2D eigenvalue weighted by atomic mass is 79.9. The zero-order chi connectivity index (χ0) is 9.26. The van der Waals surface area contributed by atoms with Gasteiger partial charge in [-0.1, -0.05) is 28.6 Å². The van der Waals surface area contributed by atoms with E-state index in [0.717, 1.165) is 15.6 Å². The highest BCUT2D eigenvalue weighted by Gasteiger charge is 1.98. The van der Waals surface area contributed by atoms with Crippen molar-refractivity contribution in [2.24, 2.45) is 0 Å². The van der Waals surface area contributed by atoms with E-state index >= 15 is 0 Å². The van der Waals surface area contributed by atoms with Gasteiger partial charge in [-0.3, -0.25) is 4.98 Å². The molecule has 0 bridgehead atoms. The predicted octanol–water partition coefficient (Wildman–Crippen LogP) is 3.64. The zero-order valence-corrected chi connectivity index (χ0v) is 8.58. The van der Waals surface area contributed by atoms with Crippen LogP contribution in [0.4, 0.5) is 0 Å². The fraction of sp³-hybridized carbons (Fsp3) is 0. The van der Waals surface area contributed by atoms with Crippen LogP contribution in [0.3, 0.4) is 0 Å². The van der Waals surface area contributed by atoms with Gasteiger partial charge in [0.25, 0.3) is 0 Å². The van der Waals surface area contributed by atoms with Crippen molar-refractivity contribution in [1.82, 2.24) is 4.98 Å². The molecule has 0 saturated heterocycles. The van der Waals surface area contributed by atoms with Gasteiger partial charge in [-0.2, -0.15) is 0 Å². The van der Waals surface area contributed by atoms with Crippen LogP contribution in [0.2, 0.25) is 0 Å². The normalized spacial score (nSPS) is 10.2. The molecule has 0 spiro atoms. The molecule has 1 nitrogen and oxygen atoms in total. The Morgan fingerprint density at radius 1 is 1.31 bits per heavy atom. The van der Waals surface area contributed by atoms with E-state index in [1.807, 2.05) is 12.1 Å². The first-order valence-corrected chi connectivity index (χ1v) is 4.77. The molecule has 0 amide bonds. The predicted molar refractivity (Wildman–Crippen MR) is 59.5 cm³/mol. The second kappa shape index (κ2) is 3.30. The lowest BCUT2D eigenvalue weighted by atomic mass is 10.1. The Kier molecular flexibility index (Phi) is 2.15. The summed E-state index contributed by atoms with van der Waals surface area (Å²) in [5.74, 6) is 0. The van der Waals surface area contributed by atoms with E-state index in [-0.39, 0.29) is 0 Å². The molecule has 0 radical (unpaired) electrons. The first-order chi connectivity index (χ1) is 6.31. The quantitative estimate of drug-likeness (QED) is 0.733. The van der Waals surface area contributed by atoms with Crippen molar-refractivity contribution in [2.45, 2.75) is 0 Å². The average Bonchev–Trinajstić information content (AvgIpc) is 2.17. The Morgan fingerprint density at radius 2 is 2.15 bits per heavy atom. The van der Waals surface area contributed by atoms with E-state index in [1.54, 1.807) is 12.3 Å². The lowest BCUT2D eigenvalue weighted by molar-refractivity contribution is 1.33. The maximum Gasteiger partial charge on any atom is 0.0702 e. The van der Waals surface area contributed by atoms with Crippen LogP contribution in [0, 0.1) is 0 Å². The van der Waals surface area contributed by atoms with Crippen LogP contribution in [0.25, 0.3) is 16.8 Å². The standard InChI is InChI=1S/C11H8BrN/c1-2-11-10-7-9(12)4-3-8(10)5-6-13-11/h2-7H,1H2. The maximum absolute atomic E-state index is 4.23. The molecule has 0 atom stereocenters. The number of hydrogen-bond donors (Lipinski definition) is 0. The molecule has 0 N–H and O–H groups in total. The number of halogens is 1. The zero-order valence-electron chi connectivity index (χ0n) is 7.00. The van der Waals surface area contributed by atoms with Gasteiger partial charge in [0.2, 0.25) is 0 Å². The van der Waals surface area contributed by atoms with E-state index in [9.17, 15) is 0 Å². The summed E-state index contributed by atoms with van der Waals surface area (Å²) < 4.78 is 1.07. The van der Waals surface area contributed by atoms with Gasteiger partial charge in [0.1, 0.15) is 0 Å². The number of benzene rings is 1. The summed E-state index contributed by atoms with van der Waals surface area (Å²) >= 11 is 3.43. The molecule has 1 heterocycles. The minimum absolute atomic E-state index is 0.929. The van der Waals surface area contributed by atoms with Gasteiger partial charge in [-0.25, -0.2) is 0 Å². The monoisotopic (exact) mass is 233 g/mol. The van der Waals surface area contributed by atoms with Gasteiger partial charge in [-0.15, -0.1) is 0 Å². The number of rotatable bonds is 1. The summed E-state index contributed by atoms with van der Waals surface area (Å²) in [6.07, 6.45) is 3.57. The third kappa shape index (κ3) is 1.49. The third-order valence-electron chi connectivity index (χ3n) is 1.95. The molecule has 2 rings (SSSR count). The fourth-order valence-electron chi connectivity index (χ4n) is 1.33. The van der Waals surface area contributed by atoms with Crippen LogP contribution in [0.15, 0.2) is 41.5 Å². The van der Waals surface area contributed by atoms with Gasteiger partial charge in [-0.05, 0) is 29.7 Å². The van der Waals surface area contributed by atoms with Crippen molar-refractivity contribution in [2.75, 3.05) is 0 Å². The first kappa shape index (κ1) is 8.45. The van der Waals surface area contributed by atoms with Crippen molar-refractivity contribution < 1.29 is 0 Å². The Labute approximate surface area is 85.2 Å². The molecule has 2 heteroatoms. The first-order valence-electron chi connectivity index (χ1n) is 3.98. The van der Waals surface area contributed by atoms with Crippen LogP contribution in [-0.4, -0.2) is 4.98 Å². The Balaban J connectivity index is 2.86. The van der Waals surface area contributed by atoms with Crippen LogP contribution < -0.4 is 0 Å². The minimum Gasteiger partial charge on any atom is -0.256 e. The molecule has 0 fully saturated rings. The van der Waals surface area contributed by atoms with Crippen LogP contribution >= 0.6 is 15.9 Å². The molecule has 1 aromatic heterocycles. The molecular weight excluding hydrogens is 226 g/mol. The molecule has 0 saturated carbocycles. The molecule has 1 aromatic carbocycles. The Bertz CT molecular complexity index is 463. The number of pyridine rings is 1. The minimum atomic E-state index is 0.929. The van der Waals surface area contributed by atoms with Crippen LogP contribution in [0.5, 0.6) is 0 Å². The highest BCUT2D eigenvalue weighted by Crippen LogP contribution is 2.21. The SMILES string of the molecule is C=Cc1nccc2ccc(Br)cc12. The molecule has 13 heavy (non-hydrogen) atoms. The number of nitrogens with zero attached hydrogens (tertiary/aromatic N) is 1. The van der Waals surface area contributed by atoms with Gasteiger partial charge in [0.15, 0.2) is 0 Å². The van der Waals surface area contributed by atoms with Crippen molar-refractivity contribution in [3.8, 4) is 0 Å². The van der Waals surface area contributed by atoms with E-state index in [2.05, 4.69) is 39.6 Å². The lowest BCUT2D eigenvalue weighted by Crippen LogP contribution is -1.82. The summed E-state index contributed by atoms with van der Waals surface area (Å²) in [6, 6.07) is 8.14. The summed E-state index contributed by atoms with van der Waals surface area (Å²) in [5, 5.41) is 2.32. The number of fused-ring (bicyclic) bond motifs is 1. The van der Waals surface area contributed by atoms with Crippen molar-refractivity contribution in [3.05, 3.63) is 47.2 Å². The van der Waals surface area contributed by atoms with Crippen LogP contribution in [-0.2, 0) is 0 Å². The third-order valence-corrected chi connectivity index (χ3v) is 2.45. The van der Waals surface area contributed by atoms with Gasteiger partial charge in [0.05, 0.1) is 5.69 Å². The summed E-state index contributed by atoms with van der Waals surface area (Å²) in [5.41, 5.74) is 0.929. The molecule has 64 valence electrons. The molecule has 2 aromatic rings. The van der Waals surface area contributed by atoms with Crippen LogP contribution in [0.1, 0.15) is 5.69 Å². The Morgan fingerprint density at radius 3 is 2.92 bits per heavy atom. The average molecular weight is 234 g/mol. The topological polar surface area (TPSA) is 12.9 Å². The molecule has 0 aliphatic heterocycles. The van der Waals surface area contributed by atoms with E-state index in [0.29, 0.717) is 0 Å². The van der Waals surface area contributed by atoms with Crippen molar-refractivity contribution in [1.29, 1.82) is 0 Å². The molecule has 0 aliphatic rings. The second-order valence-electron chi connectivity index (χ2n) is 2.77. The fourth-order valence-corrected chi connectivity index (χ4v) is 1.69. The van der Waals surface area contributed by atoms with Gasteiger partial charge < -0.3 is 0 Å². The number of aromatic nitrogens is 1. The summed E-state index contributed by atoms with van der Waals surface area (Å²) in [6.45, 7) is 3.73. The van der Waals surface area contributed by atoms with Gasteiger partial charge in [0, 0.05) is 16.1 Å². The maximum atomic E-state index is 4.23. The van der Waals surface area contributed by atoms with E-state index in [4.69, 9.17) is 0 Å². The highest BCUT2D eigenvalue weighted by molar-refractivity contribution is 9.10. The largest absolute Gasteiger partial charge is 0.256 e. The lowest BCUT2D eigenvalue weighted by Gasteiger charge is -2.01. The molecule has 0 aliphatic carbocycles. The second-order valence-corrected chi connectivity index (χ2v) is 3.68. The van der Waals surface area contributed by atoms with Crippen molar-refractivity contribution in [3.63, 3.8) is 0 Å². The molecule has 0 unspecified atom stereocenters. The summed E-state index contributed by atoms with van der Waals surface area (Å²) in [4.78, 5) is 4.23. The van der Waals surface area contributed by atoms with E-state index < -0.39 is 0 Å². The van der Waals surface area contributed by atoms with Crippen molar-refractivity contribution >= 4 is 32.8 Å². The molecular formula is C11H8BrN. The van der Waals surface area contributed by atoms with E-state index in [1.165, 1.54) is 5.39 Å². The number of hydrogen-bond acceptors (Lipinski definition) is 1. The smallest absolute Gasteiger partial charge is 0.0702 e. The summed E-state index contributed by atoms with van der Waals surface area (Å²) in [7, 11) is 0.